The lowest BCUT2D eigenvalue weighted by molar-refractivity contribution is 0.0357. The second-order valence-corrected chi connectivity index (χ2v) is 7.03. The van der Waals surface area contributed by atoms with Crippen LogP contribution in [0.2, 0.25) is 0 Å². The molecule has 0 atom stereocenters. The molecule has 1 fully saturated rings. The molecular weight excluding hydrogens is 348 g/mol. The molecule has 0 unspecified atom stereocenters. The van der Waals surface area contributed by atoms with E-state index in [0.29, 0.717) is 29.6 Å². The molecule has 144 valence electrons. The minimum Gasteiger partial charge on any atom is -0.454 e. The van der Waals surface area contributed by atoms with Gasteiger partial charge in [0.15, 0.2) is 17.3 Å². The van der Waals surface area contributed by atoms with Crippen LogP contribution in [0, 0.1) is 0 Å². The lowest BCUT2D eigenvalue weighted by Gasteiger charge is -2.26. The third-order valence-corrected chi connectivity index (χ3v) is 4.80. The molecule has 2 aliphatic heterocycles. The van der Waals surface area contributed by atoms with E-state index in [1.54, 1.807) is 0 Å². The van der Waals surface area contributed by atoms with Gasteiger partial charge in [-0.25, -0.2) is 9.67 Å². The van der Waals surface area contributed by atoms with Gasteiger partial charge < -0.3 is 14.2 Å². The van der Waals surface area contributed by atoms with Gasteiger partial charge in [0.1, 0.15) is 5.69 Å². The summed E-state index contributed by atoms with van der Waals surface area (Å²) in [5.74, 6) is 1.93. The Balaban J connectivity index is 1.65. The Labute approximate surface area is 157 Å². The molecule has 0 aliphatic carbocycles. The van der Waals surface area contributed by atoms with E-state index in [1.807, 2.05) is 32.0 Å². The Hall–Kier alpha value is -2.45. The molecule has 2 aliphatic rings. The van der Waals surface area contributed by atoms with Crippen LogP contribution < -0.4 is 15.0 Å². The highest BCUT2D eigenvalue weighted by Gasteiger charge is 2.19. The third kappa shape index (κ3) is 3.81. The first-order valence-electron chi connectivity index (χ1n) is 9.31. The van der Waals surface area contributed by atoms with Crippen LogP contribution in [0.4, 0.5) is 0 Å². The molecule has 1 saturated heterocycles. The molecule has 8 nitrogen and oxygen atoms in total. The predicted octanol–water partition coefficient (Wildman–Crippen LogP) is 1.49. The first-order chi connectivity index (χ1) is 13.1. The van der Waals surface area contributed by atoms with Gasteiger partial charge in [-0.3, -0.25) is 9.69 Å². The number of ether oxygens (including phenoxy) is 3. The summed E-state index contributed by atoms with van der Waals surface area (Å²) in [6.45, 7) is 8.68. The number of rotatable bonds is 5. The van der Waals surface area contributed by atoms with Crippen LogP contribution in [-0.2, 0) is 11.3 Å². The van der Waals surface area contributed by atoms with Gasteiger partial charge in [-0.1, -0.05) is 13.8 Å². The van der Waals surface area contributed by atoms with Crippen LogP contribution >= 0.6 is 0 Å². The quantitative estimate of drug-likeness (QED) is 0.787. The summed E-state index contributed by atoms with van der Waals surface area (Å²) in [4.78, 5) is 19.6. The highest BCUT2D eigenvalue weighted by Crippen LogP contribution is 2.35. The normalized spacial score (nSPS) is 16.9. The maximum atomic E-state index is 12.8. The maximum Gasteiger partial charge on any atom is 0.288 e. The summed E-state index contributed by atoms with van der Waals surface area (Å²) in [6, 6.07) is 5.60. The van der Waals surface area contributed by atoms with Crippen molar-refractivity contribution < 1.29 is 14.2 Å². The summed E-state index contributed by atoms with van der Waals surface area (Å²) in [6.07, 6.45) is 0. The molecule has 0 amide bonds. The monoisotopic (exact) mass is 372 g/mol. The van der Waals surface area contributed by atoms with Gasteiger partial charge in [-0.05, 0) is 18.2 Å². The standard InChI is InChI=1S/C19H24N4O4/c1-13(2)17-19(24)23(6-5-22-7-9-25-10-8-22)21-18(20-17)14-3-4-15-16(11-14)27-12-26-15/h3-4,11,13H,5-10,12H2,1-2H3. The highest BCUT2D eigenvalue weighted by molar-refractivity contribution is 5.61. The average molecular weight is 372 g/mol. The van der Waals surface area contributed by atoms with Crippen molar-refractivity contribution in [3.05, 3.63) is 34.2 Å². The molecule has 1 aromatic heterocycles. The van der Waals surface area contributed by atoms with Crippen LogP contribution in [0.3, 0.4) is 0 Å². The van der Waals surface area contributed by atoms with Gasteiger partial charge in [0.05, 0.1) is 19.8 Å². The van der Waals surface area contributed by atoms with Crippen molar-refractivity contribution in [1.29, 1.82) is 0 Å². The van der Waals surface area contributed by atoms with Gasteiger partial charge in [0, 0.05) is 31.1 Å². The smallest absolute Gasteiger partial charge is 0.288 e. The highest BCUT2D eigenvalue weighted by atomic mass is 16.7. The molecule has 0 radical (unpaired) electrons. The zero-order valence-corrected chi connectivity index (χ0v) is 15.7. The largest absolute Gasteiger partial charge is 0.454 e. The molecule has 2 aromatic rings. The maximum absolute atomic E-state index is 12.8. The SMILES string of the molecule is CC(C)c1nc(-c2ccc3c(c2)OCO3)nn(CCN2CCOCC2)c1=O. The average Bonchev–Trinajstić information content (AvgIpc) is 3.15. The van der Waals surface area contributed by atoms with Gasteiger partial charge in [0.25, 0.3) is 5.56 Å². The van der Waals surface area contributed by atoms with Crippen LogP contribution in [0.1, 0.15) is 25.5 Å². The second-order valence-electron chi connectivity index (χ2n) is 7.03. The number of benzene rings is 1. The minimum absolute atomic E-state index is 0.0166. The lowest BCUT2D eigenvalue weighted by Crippen LogP contribution is -2.40. The van der Waals surface area contributed by atoms with Gasteiger partial charge in [0.2, 0.25) is 6.79 Å². The van der Waals surface area contributed by atoms with Crippen molar-refractivity contribution in [1.82, 2.24) is 19.7 Å². The lowest BCUT2D eigenvalue weighted by atomic mass is 10.1. The fourth-order valence-electron chi connectivity index (χ4n) is 3.22. The first kappa shape index (κ1) is 17.9. The van der Waals surface area contributed by atoms with E-state index in [1.165, 1.54) is 4.68 Å². The summed E-state index contributed by atoms with van der Waals surface area (Å²) in [5.41, 5.74) is 1.21. The Morgan fingerprint density at radius 3 is 2.67 bits per heavy atom. The van der Waals surface area contributed by atoms with E-state index >= 15 is 0 Å². The number of aromatic nitrogens is 3. The van der Waals surface area contributed by atoms with Gasteiger partial charge in [-0.2, -0.15) is 0 Å². The van der Waals surface area contributed by atoms with Crippen molar-refractivity contribution in [2.24, 2.45) is 0 Å². The fourth-order valence-corrected chi connectivity index (χ4v) is 3.22. The number of morpholine rings is 1. The Bertz CT molecular complexity index is 874. The van der Waals surface area contributed by atoms with Gasteiger partial charge >= 0.3 is 0 Å². The molecule has 0 bridgehead atoms. The summed E-state index contributed by atoms with van der Waals surface area (Å²) in [7, 11) is 0. The van der Waals surface area contributed by atoms with Crippen molar-refractivity contribution in [3.63, 3.8) is 0 Å². The number of hydrogen-bond donors (Lipinski definition) is 0. The third-order valence-electron chi connectivity index (χ3n) is 4.80. The first-order valence-corrected chi connectivity index (χ1v) is 9.31. The predicted molar refractivity (Wildman–Crippen MR) is 99.2 cm³/mol. The zero-order valence-electron chi connectivity index (χ0n) is 15.7. The van der Waals surface area contributed by atoms with E-state index in [-0.39, 0.29) is 18.3 Å². The van der Waals surface area contributed by atoms with Crippen molar-refractivity contribution in [2.75, 3.05) is 39.6 Å². The molecular formula is C19H24N4O4. The molecule has 0 spiro atoms. The van der Waals surface area contributed by atoms with Gasteiger partial charge in [-0.15, -0.1) is 5.10 Å². The van der Waals surface area contributed by atoms with E-state index in [2.05, 4.69) is 15.0 Å². The molecule has 0 N–H and O–H groups in total. The Morgan fingerprint density at radius 1 is 1.11 bits per heavy atom. The zero-order chi connectivity index (χ0) is 18.8. The summed E-state index contributed by atoms with van der Waals surface area (Å²) >= 11 is 0. The van der Waals surface area contributed by atoms with E-state index in [0.717, 1.165) is 38.4 Å². The molecule has 3 heterocycles. The summed E-state index contributed by atoms with van der Waals surface area (Å²) < 4.78 is 17.7. The molecule has 8 heteroatoms. The van der Waals surface area contributed by atoms with Crippen LogP contribution in [0.15, 0.2) is 23.0 Å². The molecule has 0 saturated carbocycles. The van der Waals surface area contributed by atoms with E-state index < -0.39 is 0 Å². The molecule has 4 rings (SSSR count). The number of fused-ring (bicyclic) bond motifs is 1. The molecule has 1 aromatic carbocycles. The van der Waals surface area contributed by atoms with Crippen molar-refractivity contribution in [3.8, 4) is 22.9 Å². The Kier molecular flexibility index (Phi) is 5.09. The van der Waals surface area contributed by atoms with Crippen LogP contribution in [0.5, 0.6) is 11.5 Å². The van der Waals surface area contributed by atoms with Crippen LogP contribution in [-0.4, -0.2) is 59.3 Å². The number of nitrogens with zero attached hydrogens (tertiary/aromatic N) is 4. The van der Waals surface area contributed by atoms with E-state index in [9.17, 15) is 4.79 Å². The van der Waals surface area contributed by atoms with E-state index in [4.69, 9.17) is 14.2 Å². The van der Waals surface area contributed by atoms with Crippen LogP contribution in [0.25, 0.3) is 11.4 Å². The molecule has 27 heavy (non-hydrogen) atoms. The van der Waals surface area contributed by atoms with Crippen molar-refractivity contribution in [2.45, 2.75) is 26.3 Å². The number of hydrogen-bond acceptors (Lipinski definition) is 7. The topological polar surface area (TPSA) is 78.7 Å². The second kappa shape index (κ2) is 7.66. The minimum atomic E-state index is -0.122. The summed E-state index contributed by atoms with van der Waals surface area (Å²) in [5, 5.41) is 4.53. The van der Waals surface area contributed by atoms with Crippen molar-refractivity contribution >= 4 is 0 Å². The fraction of sp³-hybridized carbons (Fsp3) is 0.526. The Morgan fingerprint density at radius 2 is 1.89 bits per heavy atom.